The molecule has 0 bridgehead atoms. The van der Waals surface area contributed by atoms with Gasteiger partial charge < -0.3 is 19.5 Å². The summed E-state index contributed by atoms with van der Waals surface area (Å²) in [5, 5.41) is 3.11. The van der Waals surface area contributed by atoms with Gasteiger partial charge >= 0.3 is 6.36 Å². The second kappa shape index (κ2) is 8.65. The highest BCUT2D eigenvalue weighted by Gasteiger charge is 2.30. The number of ether oxygens (including phenoxy) is 3. The smallest absolute Gasteiger partial charge is 0.492 e. The van der Waals surface area contributed by atoms with E-state index in [1.165, 1.54) is 24.3 Å². The van der Waals surface area contributed by atoms with Crippen LogP contribution < -0.4 is 14.8 Å². The van der Waals surface area contributed by atoms with Crippen LogP contribution in [0, 0.1) is 0 Å². The molecule has 0 aromatic heterocycles. The van der Waals surface area contributed by atoms with E-state index in [9.17, 15) is 13.2 Å². The van der Waals surface area contributed by atoms with E-state index in [4.69, 9.17) is 9.47 Å². The molecule has 0 saturated heterocycles. The van der Waals surface area contributed by atoms with Gasteiger partial charge in [-0.05, 0) is 31.2 Å². The molecule has 0 spiro atoms. The lowest BCUT2D eigenvalue weighted by Crippen LogP contribution is -2.25. The summed E-state index contributed by atoms with van der Waals surface area (Å²) in [6, 6.07) is 5.29. The van der Waals surface area contributed by atoms with E-state index in [1.807, 2.05) is 6.92 Å². The number of benzene rings is 1. The monoisotopic (exact) mass is 293 g/mol. The molecule has 20 heavy (non-hydrogen) atoms. The second-order valence-corrected chi connectivity index (χ2v) is 3.81. The molecule has 1 rings (SSSR count). The van der Waals surface area contributed by atoms with Crippen LogP contribution in [0.1, 0.15) is 6.92 Å². The van der Waals surface area contributed by atoms with E-state index in [0.717, 1.165) is 6.54 Å². The van der Waals surface area contributed by atoms with Crippen molar-refractivity contribution >= 4 is 0 Å². The van der Waals surface area contributed by atoms with Crippen LogP contribution in [0.5, 0.6) is 11.5 Å². The first kappa shape index (κ1) is 16.6. The Morgan fingerprint density at radius 1 is 1.00 bits per heavy atom. The Morgan fingerprint density at radius 3 is 2.20 bits per heavy atom. The van der Waals surface area contributed by atoms with Crippen molar-refractivity contribution in [3.8, 4) is 11.5 Å². The summed E-state index contributed by atoms with van der Waals surface area (Å²) in [6.07, 6.45) is -4.67. The summed E-state index contributed by atoms with van der Waals surface area (Å²) in [5.41, 5.74) is 0. The Morgan fingerprint density at radius 2 is 1.60 bits per heavy atom. The predicted octanol–water partition coefficient (Wildman–Crippen LogP) is 2.59. The van der Waals surface area contributed by atoms with Crippen molar-refractivity contribution in [2.75, 3.05) is 32.9 Å². The SMILES string of the molecule is CCOCCNCCOc1ccc(OC(F)(F)F)cc1. The Kier molecular flexibility index (Phi) is 7.17. The number of halogens is 3. The molecule has 0 atom stereocenters. The van der Waals surface area contributed by atoms with Crippen LogP contribution in [-0.4, -0.2) is 39.3 Å². The van der Waals surface area contributed by atoms with Gasteiger partial charge in [-0.3, -0.25) is 0 Å². The van der Waals surface area contributed by atoms with Crippen LogP contribution in [0.4, 0.5) is 13.2 Å². The molecule has 114 valence electrons. The van der Waals surface area contributed by atoms with E-state index in [1.54, 1.807) is 0 Å². The van der Waals surface area contributed by atoms with Gasteiger partial charge in [-0.2, -0.15) is 0 Å². The first-order valence-corrected chi connectivity index (χ1v) is 6.28. The fraction of sp³-hybridized carbons (Fsp3) is 0.538. The van der Waals surface area contributed by atoms with E-state index in [2.05, 4.69) is 10.1 Å². The summed E-state index contributed by atoms with van der Waals surface area (Å²) in [7, 11) is 0. The molecule has 0 amide bonds. The number of nitrogens with one attached hydrogen (secondary N) is 1. The molecule has 0 aliphatic carbocycles. The average molecular weight is 293 g/mol. The predicted molar refractivity (Wildman–Crippen MR) is 68.0 cm³/mol. The fourth-order valence-corrected chi connectivity index (χ4v) is 1.39. The minimum Gasteiger partial charge on any atom is -0.492 e. The molecule has 0 heterocycles. The third-order valence-electron chi connectivity index (χ3n) is 2.23. The molecule has 7 heteroatoms. The molecule has 0 radical (unpaired) electrons. The van der Waals surface area contributed by atoms with Crippen molar-refractivity contribution < 1.29 is 27.4 Å². The number of rotatable bonds is 9. The largest absolute Gasteiger partial charge is 0.573 e. The third-order valence-corrected chi connectivity index (χ3v) is 2.23. The average Bonchev–Trinajstić information content (AvgIpc) is 2.38. The van der Waals surface area contributed by atoms with Crippen molar-refractivity contribution in [3.05, 3.63) is 24.3 Å². The maximum Gasteiger partial charge on any atom is 0.573 e. The summed E-state index contributed by atoms with van der Waals surface area (Å²) in [6.45, 7) is 5.04. The lowest BCUT2D eigenvalue weighted by atomic mass is 10.3. The minimum atomic E-state index is -4.67. The Balaban J connectivity index is 2.18. The number of hydrogen-bond acceptors (Lipinski definition) is 4. The zero-order chi connectivity index (χ0) is 14.8. The van der Waals surface area contributed by atoms with Gasteiger partial charge in [-0.15, -0.1) is 13.2 Å². The maximum atomic E-state index is 11.9. The molecule has 1 aromatic rings. The highest BCUT2D eigenvalue weighted by Crippen LogP contribution is 2.24. The van der Waals surface area contributed by atoms with Crippen LogP contribution in [0.2, 0.25) is 0 Å². The van der Waals surface area contributed by atoms with Gasteiger partial charge in [0, 0.05) is 19.7 Å². The first-order valence-electron chi connectivity index (χ1n) is 6.28. The maximum absolute atomic E-state index is 11.9. The van der Waals surface area contributed by atoms with Crippen LogP contribution in [0.25, 0.3) is 0 Å². The van der Waals surface area contributed by atoms with Crippen molar-refractivity contribution in [3.63, 3.8) is 0 Å². The topological polar surface area (TPSA) is 39.7 Å². The van der Waals surface area contributed by atoms with E-state index >= 15 is 0 Å². The van der Waals surface area contributed by atoms with Crippen LogP contribution in [0.3, 0.4) is 0 Å². The van der Waals surface area contributed by atoms with Crippen LogP contribution in [0.15, 0.2) is 24.3 Å². The second-order valence-electron chi connectivity index (χ2n) is 3.81. The van der Waals surface area contributed by atoms with E-state index in [-0.39, 0.29) is 5.75 Å². The lowest BCUT2D eigenvalue weighted by Gasteiger charge is -2.10. The van der Waals surface area contributed by atoms with Crippen molar-refractivity contribution in [1.82, 2.24) is 5.32 Å². The molecule has 0 unspecified atom stereocenters. The van der Waals surface area contributed by atoms with Crippen LogP contribution in [-0.2, 0) is 4.74 Å². The molecule has 0 aliphatic heterocycles. The van der Waals surface area contributed by atoms with E-state index < -0.39 is 6.36 Å². The lowest BCUT2D eigenvalue weighted by molar-refractivity contribution is -0.274. The zero-order valence-corrected chi connectivity index (χ0v) is 11.2. The first-order chi connectivity index (χ1) is 9.51. The zero-order valence-electron chi connectivity index (χ0n) is 11.2. The fourth-order valence-electron chi connectivity index (χ4n) is 1.39. The van der Waals surface area contributed by atoms with Gasteiger partial charge in [0.05, 0.1) is 6.61 Å². The summed E-state index contributed by atoms with van der Waals surface area (Å²) in [5.74, 6) is 0.228. The van der Waals surface area contributed by atoms with Gasteiger partial charge in [-0.25, -0.2) is 0 Å². The highest BCUT2D eigenvalue weighted by molar-refractivity contribution is 5.31. The van der Waals surface area contributed by atoms with Gasteiger partial charge in [0.2, 0.25) is 0 Å². The minimum absolute atomic E-state index is 0.264. The van der Waals surface area contributed by atoms with Gasteiger partial charge in [0.1, 0.15) is 18.1 Å². The quantitative estimate of drug-likeness (QED) is 0.710. The molecular formula is C13H18F3NO3. The van der Waals surface area contributed by atoms with Gasteiger partial charge in [-0.1, -0.05) is 0 Å². The van der Waals surface area contributed by atoms with Crippen molar-refractivity contribution in [1.29, 1.82) is 0 Å². The van der Waals surface area contributed by atoms with Crippen LogP contribution >= 0.6 is 0 Å². The van der Waals surface area contributed by atoms with Crippen molar-refractivity contribution in [2.24, 2.45) is 0 Å². The molecule has 0 fully saturated rings. The van der Waals surface area contributed by atoms with Crippen molar-refractivity contribution in [2.45, 2.75) is 13.3 Å². The molecule has 0 aliphatic rings. The Hall–Kier alpha value is -1.47. The normalized spacial score (nSPS) is 11.4. The summed E-state index contributed by atoms with van der Waals surface area (Å²) in [4.78, 5) is 0. The Bertz CT molecular complexity index is 368. The summed E-state index contributed by atoms with van der Waals surface area (Å²) >= 11 is 0. The number of alkyl halides is 3. The molecule has 1 N–H and O–H groups in total. The van der Waals surface area contributed by atoms with E-state index in [0.29, 0.717) is 32.1 Å². The molecule has 4 nitrogen and oxygen atoms in total. The Labute approximate surface area is 115 Å². The number of hydrogen-bond donors (Lipinski definition) is 1. The third kappa shape index (κ3) is 7.85. The molecule has 1 aromatic carbocycles. The summed E-state index contributed by atoms with van der Waals surface area (Å²) < 4.78 is 50.1. The highest BCUT2D eigenvalue weighted by atomic mass is 19.4. The standard InChI is InChI=1S/C13H18F3NO3/c1-2-18-9-7-17-8-10-19-11-3-5-12(6-4-11)20-13(14,15)16/h3-6,17H,2,7-10H2,1H3. The van der Waals surface area contributed by atoms with Gasteiger partial charge in [0.15, 0.2) is 0 Å². The van der Waals surface area contributed by atoms with Gasteiger partial charge in [0.25, 0.3) is 0 Å². The molecular weight excluding hydrogens is 275 g/mol. The molecule has 0 saturated carbocycles.